The van der Waals surface area contributed by atoms with Gasteiger partial charge in [-0.25, -0.2) is 4.98 Å². The molecule has 1 aromatic heterocycles. The maximum atomic E-state index is 10.0. The molecule has 42 heavy (non-hydrogen) atoms. The molecule has 4 nitrogen and oxygen atoms in total. The lowest BCUT2D eigenvalue weighted by Crippen LogP contribution is -2.35. The lowest BCUT2D eigenvalue weighted by atomic mass is 9.88. The Hall–Kier alpha value is -3.37. The minimum atomic E-state index is 0.248. The highest BCUT2D eigenvalue weighted by Crippen LogP contribution is 2.40. The van der Waals surface area contributed by atoms with Gasteiger partial charge in [0.1, 0.15) is 11.6 Å². The predicted octanol–water partition coefficient (Wildman–Crippen LogP) is 10.0. The number of benzene rings is 3. The zero-order valence-corrected chi connectivity index (χ0v) is 25.7. The molecule has 222 valence electrons. The standard InChI is InChI=1S/C38H49N3O/c1-3-5-22-35(40(28-30-16-10-7-11-17-30)29-31-23-25-34(42)26-24-31)37-36(32-18-12-8-13-19-32)39-38(41(37)27-6-4-2)33-20-14-9-15-21-33/h8-9,12-15,18-21,23-26,30,35,42H,3-7,10-11,16-17,22,27-29H2,1-2H3. The second-order valence-corrected chi connectivity index (χ2v) is 12.2. The molecule has 3 aromatic carbocycles. The summed E-state index contributed by atoms with van der Waals surface area (Å²) in [6.07, 6.45) is 12.4. The first-order chi connectivity index (χ1) is 20.7. The Morgan fingerprint density at radius 1 is 0.810 bits per heavy atom. The van der Waals surface area contributed by atoms with Gasteiger partial charge in [0.2, 0.25) is 0 Å². The molecule has 0 saturated heterocycles. The van der Waals surface area contributed by atoms with Crippen molar-refractivity contribution in [1.82, 2.24) is 14.5 Å². The van der Waals surface area contributed by atoms with Crippen LogP contribution in [0.5, 0.6) is 5.75 Å². The summed E-state index contributed by atoms with van der Waals surface area (Å²) in [5.74, 6) is 2.14. The van der Waals surface area contributed by atoms with Crippen LogP contribution in [-0.4, -0.2) is 26.1 Å². The van der Waals surface area contributed by atoms with Gasteiger partial charge >= 0.3 is 0 Å². The zero-order chi connectivity index (χ0) is 29.1. The number of nitrogens with zero attached hydrogens (tertiary/aromatic N) is 3. The van der Waals surface area contributed by atoms with E-state index in [1.54, 1.807) is 0 Å². The fraction of sp³-hybridized carbons (Fsp3) is 0.447. The summed E-state index contributed by atoms with van der Waals surface area (Å²) < 4.78 is 2.58. The number of imidazole rings is 1. The second-order valence-electron chi connectivity index (χ2n) is 12.2. The number of phenols is 1. The summed E-state index contributed by atoms with van der Waals surface area (Å²) >= 11 is 0. The van der Waals surface area contributed by atoms with Crippen LogP contribution in [0.25, 0.3) is 22.6 Å². The summed E-state index contributed by atoms with van der Waals surface area (Å²) in [4.78, 5) is 8.26. The van der Waals surface area contributed by atoms with Crippen LogP contribution in [0.4, 0.5) is 0 Å². The molecule has 4 aromatic rings. The second kappa shape index (κ2) is 15.2. The molecular weight excluding hydrogens is 514 g/mol. The summed E-state index contributed by atoms with van der Waals surface area (Å²) in [5, 5.41) is 10.0. The Morgan fingerprint density at radius 2 is 1.45 bits per heavy atom. The number of hydrogen-bond acceptors (Lipinski definition) is 3. The zero-order valence-electron chi connectivity index (χ0n) is 25.7. The van der Waals surface area contributed by atoms with Gasteiger partial charge in [-0.3, -0.25) is 4.90 Å². The van der Waals surface area contributed by atoms with E-state index < -0.39 is 0 Å². The minimum Gasteiger partial charge on any atom is -0.508 e. The van der Waals surface area contributed by atoms with E-state index in [0.717, 1.165) is 56.3 Å². The number of aromatic hydroxyl groups is 1. The summed E-state index contributed by atoms with van der Waals surface area (Å²) in [6.45, 7) is 7.53. The molecule has 0 amide bonds. The van der Waals surface area contributed by atoms with Crippen molar-refractivity contribution < 1.29 is 5.11 Å². The quantitative estimate of drug-likeness (QED) is 0.166. The van der Waals surface area contributed by atoms with E-state index in [2.05, 4.69) is 96.1 Å². The van der Waals surface area contributed by atoms with Crippen LogP contribution in [0, 0.1) is 5.92 Å². The van der Waals surface area contributed by atoms with Crippen LogP contribution in [0.1, 0.15) is 95.4 Å². The van der Waals surface area contributed by atoms with Crippen molar-refractivity contribution in [2.45, 2.75) is 97.2 Å². The van der Waals surface area contributed by atoms with Gasteiger partial charge in [0.15, 0.2) is 0 Å². The fourth-order valence-electron chi connectivity index (χ4n) is 6.69. The van der Waals surface area contributed by atoms with Crippen molar-refractivity contribution in [3.63, 3.8) is 0 Å². The van der Waals surface area contributed by atoms with Crippen LogP contribution in [0.2, 0.25) is 0 Å². The molecule has 1 fully saturated rings. The molecular formula is C38H49N3O. The largest absolute Gasteiger partial charge is 0.508 e. The van der Waals surface area contributed by atoms with Crippen LogP contribution in [0.15, 0.2) is 84.9 Å². The smallest absolute Gasteiger partial charge is 0.140 e. The minimum absolute atomic E-state index is 0.248. The first-order valence-corrected chi connectivity index (χ1v) is 16.4. The first kappa shape index (κ1) is 30.1. The highest BCUT2D eigenvalue weighted by Gasteiger charge is 2.31. The van der Waals surface area contributed by atoms with E-state index in [-0.39, 0.29) is 6.04 Å². The molecule has 1 heterocycles. The molecule has 1 unspecified atom stereocenters. The molecule has 0 spiro atoms. The third kappa shape index (κ3) is 7.52. The van der Waals surface area contributed by atoms with Crippen LogP contribution in [-0.2, 0) is 13.1 Å². The van der Waals surface area contributed by atoms with Crippen LogP contribution in [0.3, 0.4) is 0 Å². The highest BCUT2D eigenvalue weighted by atomic mass is 16.3. The van der Waals surface area contributed by atoms with Gasteiger partial charge < -0.3 is 9.67 Å². The molecule has 1 aliphatic carbocycles. The van der Waals surface area contributed by atoms with E-state index in [9.17, 15) is 5.11 Å². The summed E-state index contributed by atoms with van der Waals surface area (Å²) in [7, 11) is 0. The lowest BCUT2D eigenvalue weighted by Gasteiger charge is -2.37. The first-order valence-electron chi connectivity index (χ1n) is 16.4. The number of hydrogen-bond donors (Lipinski definition) is 1. The monoisotopic (exact) mass is 563 g/mol. The Labute approximate surface area is 253 Å². The molecule has 0 radical (unpaired) electrons. The number of rotatable bonds is 14. The molecule has 1 saturated carbocycles. The normalized spacial score (nSPS) is 14.8. The molecule has 1 aliphatic rings. The average molecular weight is 564 g/mol. The van der Waals surface area contributed by atoms with Gasteiger partial charge in [-0.05, 0) is 49.3 Å². The maximum Gasteiger partial charge on any atom is 0.140 e. The SMILES string of the molecule is CCCCC(c1c(-c2ccccc2)nc(-c2ccccc2)n1CCCC)N(Cc1ccc(O)cc1)CC1CCCCC1. The van der Waals surface area contributed by atoms with E-state index in [1.807, 2.05) is 12.1 Å². The molecule has 1 atom stereocenters. The summed E-state index contributed by atoms with van der Waals surface area (Å²) in [6, 6.07) is 29.7. The van der Waals surface area contributed by atoms with Crippen LogP contribution >= 0.6 is 0 Å². The van der Waals surface area contributed by atoms with Gasteiger partial charge in [0.25, 0.3) is 0 Å². The molecule has 5 rings (SSSR count). The number of phenolic OH excluding ortho intramolecular Hbond substituents is 1. The molecule has 0 aliphatic heterocycles. The Balaban J connectivity index is 1.68. The predicted molar refractivity (Wildman–Crippen MR) is 175 cm³/mol. The van der Waals surface area contributed by atoms with Gasteiger partial charge in [0.05, 0.1) is 17.4 Å². The summed E-state index contributed by atoms with van der Waals surface area (Å²) in [5.41, 5.74) is 6.14. The number of aromatic nitrogens is 2. The Kier molecular flexibility index (Phi) is 10.9. The van der Waals surface area contributed by atoms with E-state index in [4.69, 9.17) is 4.98 Å². The van der Waals surface area contributed by atoms with Crippen molar-refractivity contribution in [2.75, 3.05) is 6.54 Å². The van der Waals surface area contributed by atoms with E-state index >= 15 is 0 Å². The average Bonchev–Trinajstić information content (AvgIpc) is 3.41. The van der Waals surface area contributed by atoms with Gasteiger partial charge in [-0.2, -0.15) is 0 Å². The fourth-order valence-corrected chi connectivity index (χ4v) is 6.69. The van der Waals surface area contributed by atoms with E-state index in [1.165, 1.54) is 67.3 Å². The van der Waals surface area contributed by atoms with Crippen molar-refractivity contribution in [1.29, 1.82) is 0 Å². The highest BCUT2D eigenvalue weighted by molar-refractivity contribution is 5.69. The Bertz CT molecular complexity index is 1340. The third-order valence-electron chi connectivity index (χ3n) is 8.95. The number of unbranched alkanes of at least 4 members (excludes halogenated alkanes) is 2. The Morgan fingerprint density at radius 3 is 2.10 bits per heavy atom. The van der Waals surface area contributed by atoms with Gasteiger partial charge in [-0.1, -0.05) is 125 Å². The van der Waals surface area contributed by atoms with Gasteiger partial charge in [-0.15, -0.1) is 0 Å². The van der Waals surface area contributed by atoms with Crippen LogP contribution < -0.4 is 0 Å². The van der Waals surface area contributed by atoms with Crippen molar-refractivity contribution in [2.24, 2.45) is 5.92 Å². The third-order valence-corrected chi connectivity index (χ3v) is 8.95. The van der Waals surface area contributed by atoms with Crippen molar-refractivity contribution >= 4 is 0 Å². The molecule has 4 heteroatoms. The molecule has 0 bridgehead atoms. The van der Waals surface area contributed by atoms with E-state index in [0.29, 0.717) is 5.75 Å². The lowest BCUT2D eigenvalue weighted by molar-refractivity contribution is 0.127. The molecule has 1 N–H and O–H groups in total. The van der Waals surface area contributed by atoms with Crippen molar-refractivity contribution in [3.05, 3.63) is 96.2 Å². The maximum absolute atomic E-state index is 10.0. The van der Waals surface area contributed by atoms with Gasteiger partial charge in [0, 0.05) is 30.8 Å². The van der Waals surface area contributed by atoms with Crippen molar-refractivity contribution in [3.8, 4) is 28.4 Å². The topological polar surface area (TPSA) is 41.3 Å².